The summed E-state index contributed by atoms with van der Waals surface area (Å²) >= 11 is 0. The lowest BCUT2D eigenvalue weighted by molar-refractivity contribution is 0.242. The van der Waals surface area contributed by atoms with Crippen molar-refractivity contribution >= 4 is 5.69 Å². The highest BCUT2D eigenvalue weighted by Gasteiger charge is 2.12. The van der Waals surface area contributed by atoms with Crippen molar-refractivity contribution in [2.24, 2.45) is 0 Å². The highest BCUT2D eigenvalue weighted by Crippen LogP contribution is 2.30. The largest absolute Gasteiger partial charge is 0.489 e. The number of nitrogens with one attached hydrogen (secondary N) is 1. The maximum Gasteiger partial charge on any atom is 0.143 e. The number of hydrogen-bond acceptors (Lipinski definition) is 3. The highest BCUT2D eigenvalue weighted by atomic mass is 16.5. The van der Waals surface area contributed by atoms with Gasteiger partial charge in [0.25, 0.3) is 0 Å². The van der Waals surface area contributed by atoms with E-state index in [-0.39, 0.29) is 6.10 Å². The van der Waals surface area contributed by atoms with Gasteiger partial charge in [-0.1, -0.05) is 13.0 Å². The van der Waals surface area contributed by atoms with E-state index in [1.807, 2.05) is 0 Å². The fraction of sp³-hybridized carbons (Fsp3) is 0.667. The van der Waals surface area contributed by atoms with Crippen molar-refractivity contribution in [2.75, 3.05) is 18.0 Å². The summed E-state index contributed by atoms with van der Waals surface area (Å²) in [6.45, 7) is 15.8. The van der Waals surface area contributed by atoms with Crippen molar-refractivity contribution in [1.82, 2.24) is 5.32 Å². The van der Waals surface area contributed by atoms with Gasteiger partial charge in [-0.3, -0.25) is 0 Å². The van der Waals surface area contributed by atoms with Gasteiger partial charge in [-0.15, -0.1) is 0 Å². The van der Waals surface area contributed by atoms with Crippen LogP contribution in [0, 0.1) is 0 Å². The maximum absolute atomic E-state index is 6.03. The Morgan fingerprint density at radius 3 is 2.29 bits per heavy atom. The smallest absolute Gasteiger partial charge is 0.143 e. The second-order valence-electron chi connectivity index (χ2n) is 5.83. The first-order valence-electron chi connectivity index (χ1n) is 8.29. The van der Waals surface area contributed by atoms with Crippen LogP contribution in [-0.2, 0) is 6.54 Å². The van der Waals surface area contributed by atoms with E-state index in [1.54, 1.807) is 0 Å². The van der Waals surface area contributed by atoms with E-state index in [0.29, 0.717) is 6.04 Å². The zero-order valence-corrected chi connectivity index (χ0v) is 14.6. The molecule has 0 saturated carbocycles. The predicted octanol–water partition coefficient (Wildman–Crippen LogP) is 4.21. The number of rotatable bonds is 9. The molecule has 0 aliphatic rings. The molecule has 0 heterocycles. The summed E-state index contributed by atoms with van der Waals surface area (Å²) in [5, 5.41) is 3.54. The molecule has 0 fully saturated rings. The van der Waals surface area contributed by atoms with Gasteiger partial charge in [0, 0.05) is 25.7 Å². The fourth-order valence-electron chi connectivity index (χ4n) is 2.28. The molecule has 1 rings (SSSR count). The van der Waals surface area contributed by atoms with Crippen molar-refractivity contribution in [3.05, 3.63) is 23.8 Å². The van der Waals surface area contributed by atoms with Gasteiger partial charge in [-0.2, -0.15) is 0 Å². The van der Waals surface area contributed by atoms with Crippen LogP contribution >= 0.6 is 0 Å². The Labute approximate surface area is 130 Å². The maximum atomic E-state index is 6.03. The van der Waals surface area contributed by atoms with Crippen LogP contribution < -0.4 is 15.0 Å². The SMILES string of the molecule is CCC(C)NCc1ccc(N(CC)CC)c(OC(C)C)c1. The number of ether oxygens (including phenoxy) is 1. The third kappa shape index (κ3) is 5.58. The normalized spacial score (nSPS) is 12.5. The molecule has 1 N–H and O–H groups in total. The summed E-state index contributed by atoms with van der Waals surface area (Å²) < 4.78 is 6.03. The van der Waals surface area contributed by atoms with Gasteiger partial charge >= 0.3 is 0 Å². The molecule has 1 aromatic carbocycles. The molecule has 3 nitrogen and oxygen atoms in total. The third-order valence-corrected chi connectivity index (χ3v) is 3.76. The van der Waals surface area contributed by atoms with Crippen molar-refractivity contribution in [3.63, 3.8) is 0 Å². The molecule has 0 aliphatic carbocycles. The zero-order valence-electron chi connectivity index (χ0n) is 14.6. The average Bonchev–Trinajstić information content (AvgIpc) is 2.47. The average molecular weight is 292 g/mol. The van der Waals surface area contributed by atoms with E-state index in [1.165, 1.54) is 11.3 Å². The fourth-order valence-corrected chi connectivity index (χ4v) is 2.28. The summed E-state index contributed by atoms with van der Waals surface area (Å²) in [6.07, 6.45) is 1.34. The van der Waals surface area contributed by atoms with Crippen LogP contribution in [0.4, 0.5) is 5.69 Å². The Hall–Kier alpha value is -1.22. The molecule has 0 amide bonds. The third-order valence-electron chi connectivity index (χ3n) is 3.76. The Balaban J connectivity index is 2.95. The molecule has 0 aliphatic heterocycles. The van der Waals surface area contributed by atoms with E-state index >= 15 is 0 Å². The minimum absolute atomic E-state index is 0.192. The van der Waals surface area contributed by atoms with Crippen LogP contribution in [0.2, 0.25) is 0 Å². The number of anilines is 1. The van der Waals surface area contributed by atoms with E-state index in [0.717, 1.165) is 31.8 Å². The number of benzene rings is 1. The molecular weight excluding hydrogens is 260 g/mol. The van der Waals surface area contributed by atoms with Gasteiger partial charge in [0.05, 0.1) is 11.8 Å². The molecular formula is C18H32N2O. The predicted molar refractivity (Wildman–Crippen MR) is 92.4 cm³/mol. The summed E-state index contributed by atoms with van der Waals surface area (Å²) in [5.74, 6) is 0.997. The monoisotopic (exact) mass is 292 g/mol. The molecule has 0 aromatic heterocycles. The molecule has 3 heteroatoms. The summed E-state index contributed by atoms with van der Waals surface area (Å²) in [5.41, 5.74) is 2.47. The van der Waals surface area contributed by atoms with Gasteiger partial charge in [-0.25, -0.2) is 0 Å². The van der Waals surface area contributed by atoms with Gasteiger partial charge in [0.15, 0.2) is 0 Å². The molecule has 0 bridgehead atoms. The van der Waals surface area contributed by atoms with Crippen molar-refractivity contribution in [2.45, 2.75) is 66.7 Å². The van der Waals surface area contributed by atoms with Crippen LogP contribution in [0.25, 0.3) is 0 Å². The molecule has 0 spiro atoms. The second-order valence-corrected chi connectivity index (χ2v) is 5.83. The number of hydrogen-bond donors (Lipinski definition) is 1. The number of nitrogens with zero attached hydrogens (tertiary/aromatic N) is 1. The Morgan fingerprint density at radius 1 is 1.10 bits per heavy atom. The molecule has 0 radical (unpaired) electrons. The molecule has 0 saturated heterocycles. The Morgan fingerprint density at radius 2 is 1.76 bits per heavy atom. The molecule has 120 valence electrons. The lowest BCUT2D eigenvalue weighted by Gasteiger charge is -2.25. The first-order chi connectivity index (χ1) is 10.0. The zero-order chi connectivity index (χ0) is 15.8. The van der Waals surface area contributed by atoms with Crippen LogP contribution in [0.5, 0.6) is 5.75 Å². The minimum Gasteiger partial charge on any atom is -0.489 e. The molecule has 21 heavy (non-hydrogen) atoms. The van der Waals surface area contributed by atoms with Crippen LogP contribution in [0.15, 0.2) is 18.2 Å². The van der Waals surface area contributed by atoms with E-state index < -0.39 is 0 Å². The van der Waals surface area contributed by atoms with Crippen LogP contribution in [0.1, 0.15) is 53.5 Å². The standard InChI is InChI=1S/C18H32N2O/c1-7-15(6)19-13-16-10-11-17(20(8-2)9-3)18(12-16)21-14(4)5/h10-12,14-15,19H,7-9,13H2,1-6H3. The minimum atomic E-state index is 0.192. The lowest BCUT2D eigenvalue weighted by atomic mass is 10.1. The van der Waals surface area contributed by atoms with Gasteiger partial charge in [0.2, 0.25) is 0 Å². The Bertz CT molecular complexity index is 414. The van der Waals surface area contributed by atoms with Crippen LogP contribution in [0.3, 0.4) is 0 Å². The topological polar surface area (TPSA) is 24.5 Å². The van der Waals surface area contributed by atoms with E-state index in [9.17, 15) is 0 Å². The van der Waals surface area contributed by atoms with Crippen molar-refractivity contribution < 1.29 is 4.74 Å². The summed E-state index contributed by atoms with van der Waals surface area (Å²) in [4.78, 5) is 2.34. The van der Waals surface area contributed by atoms with E-state index in [2.05, 4.69) is 70.0 Å². The highest BCUT2D eigenvalue weighted by molar-refractivity contribution is 5.59. The summed E-state index contributed by atoms with van der Waals surface area (Å²) in [7, 11) is 0. The van der Waals surface area contributed by atoms with Crippen molar-refractivity contribution in [1.29, 1.82) is 0 Å². The Kier molecular flexibility index (Phi) is 7.58. The van der Waals surface area contributed by atoms with Crippen molar-refractivity contribution in [3.8, 4) is 5.75 Å². The van der Waals surface area contributed by atoms with Crippen LogP contribution in [-0.4, -0.2) is 25.2 Å². The lowest BCUT2D eigenvalue weighted by Crippen LogP contribution is -2.25. The first-order valence-corrected chi connectivity index (χ1v) is 8.29. The molecule has 1 unspecified atom stereocenters. The summed E-state index contributed by atoms with van der Waals surface area (Å²) in [6, 6.07) is 7.12. The quantitative estimate of drug-likeness (QED) is 0.738. The van der Waals surface area contributed by atoms with Gasteiger partial charge < -0.3 is 15.0 Å². The van der Waals surface area contributed by atoms with Gasteiger partial charge in [0.1, 0.15) is 5.75 Å². The second kappa shape index (κ2) is 8.93. The van der Waals surface area contributed by atoms with Gasteiger partial charge in [-0.05, 0) is 58.7 Å². The molecule has 1 aromatic rings. The molecule has 1 atom stereocenters. The van der Waals surface area contributed by atoms with E-state index in [4.69, 9.17) is 4.74 Å². The first kappa shape index (κ1) is 17.8.